The number of nitrogens with zero attached hydrogens (tertiary/aromatic N) is 6. The van der Waals surface area contributed by atoms with Crippen LogP contribution in [0.3, 0.4) is 0 Å². The zero-order valence-electron chi connectivity index (χ0n) is 13.1. The molecule has 1 aromatic carbocycles. The maximum atomic E-state index is 14.1. The SMILES string of the molecule is Cc1[c-]c(-c2nnc3ccc(OCc4ncn[nH]4)nn23)c(F)cc1.[Y+3]. The van der Waals surface area contributed by atoms with E-state index < -0.39 is 5.82 Å². The monoisotopic (exact) mass is 413 g/mol. The molecule has 0 unspecified atom stereocenters. The fourth-order valence-electron chi connectivity index (χ4n) is 2.19. The number of aryl methyl sites for hydroxylation is 1. The van der Waals surface area contributed by atoms with Gasteiger partial charge in [-0.2, -0.15) is 10.2 Å². The van der Waals surface area contributed by atoms with Crippen molar-refractivity contribution in [1.29, 1.82) is 0 Å². The Balaban J connectivity index is 0.00000182. The van der Waals surface area contributed by atoms with E-state index in [1.165, 1.54) is 16.9 Å². The largest absolute Gasteiger partial charge is 3.00 e. The third-order valence-electron chi connectivity index (χ3n) is 3.32. The van der Waals surface area contributed by atoms with Crippen LogP contribution in [0.15, 0.2) is 30.6 Å². The third kappa shape index (κ3) is 3.57. The minimum absolute atomic E-state index is 0. The van der Waals surface area contributed by atoms with Crippen LogP contribution in [0.5, 0.6) is 5.88 Å². The molecule has 0 bridgehead atoms. The van der Waals surface area contributed by atoms with E-state index in [0.29, 0.717) is 17.4 Å². The molecule has 4 aromatic rings. The Labute approximate surface area is 166 Å². The molecule has 10 heteroatoms. The van der Waals surface area contributed by atoms with Crippen molar-refractivity contribution < 1.29 is 41.8 Å². The number of nitrogens with one attached hydrogen (secondary N) is 1. The van der Waals surface area contributed by atoms with Crippen molar-refractivity contribution in [2.75, 3.05) is 0 Å². The number of halogens is 1. The zero-order valence-corrected chi connectivity index (χ0v) is 16.0. The third-order valence-corrected chi connectivity index (χ3v) is 3.32. The minimum atomic E-state index is -0.440. The van der Waals surface area contributed by atoms with Crippen LogP contribution >= 0.6 is 0 Å². The van der Waals surface area contributed by atoms with E-state index in [1.54, 1.807) is 18.2 Å². The average Bonchev–Trinajstić information content (AvgIpc) is 3.24. The van der Waals surface area contributed by atoms with Gasteiger partial charge in [-0.15, -0.1) is 34.0 Å². The summed E-state index contributed by atoms with van der Waals surface area (Å²) in [5.41, 5.74) is 1.48. The summed E-state index contributed by atoms with van der Waals surface area (Å²) in [7, 11) is 0. The summed E-state index contributed by atoms with van der Waals surface area (Å²) in [6, 6.07) is 9.29. The molecule has 8 nitrogen and oxygen atoms in total. The number of hydrogen-bond acceptors (Lipinski definition) is 6. The van der Waals surface area contributed by atoms with Crippen LogP contribution < -0.4 is 4.74 Å². The van der Waals surface area contributed by atoms with Crippen LogP contribution in [-0.4, -0.2) is 35.0 Å². The number of aromatic nitrogens is 7. The predicted molar refractivity (Wildman–Crippen MR) is 80.5 cm³/mol. The molecule has 0 atom stereocenters. The van der Waals surface area contributed by atoms with Crippen LogP contribution in [0.4, 0.5) is 4.39 Å². The van der Waals surface area contributed by atoms with E-state index >= 15 is 0 Å². The molecule has 0 amide bonds. The van der Waals surface area contributed by atoms with Gasteiger partial charge in [-0.05, 0) is 6.07 Å². The van der Waals surface area contributed by atoms with E-state index in [9.17, 15) is 4.39 Å². The van der Waals surface area contributed by atoms with Crippen LogP contribution in [0.1, 0.15) is 11.4 Å². The normalized spacial score (nSPS) is 10.6. The second-order valence-electron chi connectivity index (χ2n) is 5.05. The van der Waals surface area contributed by atoms with Gasteiger partial charge in [0.15, 0.2) is 11.5 Å². The Bertz CT molecular complexity index is 1000. The summed E-state index contributed by atoms with van der Waals surface area (Å²) in [5.74, 6) is 0.716. The summed E-state index contributed by atoms with van der Waals surface area (Å²) >= 11 is 0. The fourth-order valence-corrected chi connectivity index (χ4v) is 2.19. The van der Waals surface area contributed by atoms with Gasteiger partial charge in [0.25, 0.3) is 0 Å². The molecule has 0 saturated heterocycles. The van der Waals surface area contributed by atoms with E-state index in [4.69, 9.17) is 4.74 Å². The van der Waals surface area contributed by atoms with Crippen molar-refractivity contribution in [1.82, 2.24) is 35.0 Å². The standard InChI is InChI=1S/C15H11FN7O.Y/c1-9-2-3-11(16)10(6-9)15-21-20-13-4-5-14(22-23(13)15)24-7-12-17-8-18-19-12;/h2-5,8H,7H2,1H3,(H,17,18,19);/q-1;+3. The number of benzene rings is 1. The van der Waals surface area contributed by atoms with Crippen LogP contribution in [0, 0.1) is 18.8 Å². The van der Waals surface area contributed by atoms with Gasteiger partial charge in [0.05, 0.1) is 0 Å². The van der Waals surface area contributed by atoms with Gasteiger partial charge < -0.3 is 4.74 Å². The molecule has 0 aliphatic heterocycles. The minimum Gasteiger partial charge on any atom is -0.468 e. The van der Waals surface area contributed by atoms with Gasteiger partial charge in [0, 0.05) is 11.9 Å². The molecule has 3 heterocycles. The smallest absolute Gasteiger partial charge is 0.468 e. The van der Waals surface area contributed by atoms with Crippen molar-refractivity contribution in [2.24, 2.45) is 0 Å². The molecule has 0 spiro atoms. The van der Waals surface area contributed by atoms with Crippen molar-refractivity contribution in [2.45, 2.75) is 13.5 Å². The molecule has 120 valence electrons. The summed E-state index contributed by atoms with van der Waals surface area (Å²) in [5, 5.41) is 18.7. The van der Waals surface area contributed by atoms with Crippen molar-refractivity contribution in [3.63, 3.8) is 0 Å². The van der Waals surface area contributed by atoms with E-state index in [-0.39, 0.29) is 50.7 Å². The van der Waals surface area contributed by atoms with Crippen LogP contribution in [-0.2, 0) is 39.3 Å². The first-order valence-corrected chi connectivity index (χ1v) is 7.09. The Hall–Kier alpha value is -2.26. The average molecular weight is 413 g/mol. The molecule has 0 aliphatic rings. The van der Waals surface area contributed by atoms with Gasteiger partial charge in [0.2, 0.25) is 5.88 Å². The maximum Gasteiger partial charge on any atom is 3.00 e. The molecule has 25 heavy (non-hydrogen) atoms. The molecule has 0 aliphatic carbocycles. The van der Waals surface area contributed by atoms with Gasteiger partial charge in [-0.3, -0.25) is 9.49 Å². The maximum absolute atomic E-state index is 14.1. The molecule has 0 fully saturated rings. The van der Waals surface area contributed by atoms with E-state index in [0.717, 1.165) is 5.56 Å². The topological polar surface area (TPSA) is 93.9 Å². The number of fused-ring (bicyclic) bond motifs is 1. The number of aromatic amines is 1. The Morgan fingerprint density at radius 3 is 2.92 bits per heavy atom. The fraction of sp³-hybridized carbons (Fsp3) is 0.133. The van der Waals surface area contributed by atoms with Gasteiger partial charge in [0.1, 0.15) is 18.8 Å². The zero-order chi connectivity index (χ0) is 16.5. The Morgan fingerprint density at radius 2 is 2.12 bits per heavy atom. The summed E-state index contributed by atoms with van der Waals surface area (Å²) < 4.78 is 21.1. The first kappa shape index (κ1) is 17.6. The van der Waals surface area contributed by atoms with Gasteiger partial charge >= 0.3 is 32.7 Å². The second kappa shape index (κ2) is 7.32. The quantitative estimate of drug-likeness (QED) is 0.513. The molecule has 0 radical (unpaired) electrons. The Kier molecular flexibility index (Phi) is 5.14. The summed E-state index contributed by atoms with van der Waals surface area (Å²) in [6.07, 6.45) is 1.39. The summed E-state index contributed by atoms with van der Waals surface area (Å²) in [4.78, 5) is 3.96. The number of ether oxygens (including phenoxy) is 1. The van der Waals surface area contributed by atoms with E-state index in [1.807, 2.05) is 6.92 Å². The molecule has 4 rings (SSSR count). The van der Waals surface area contributed by atoms with Crippen LogP contribution in [0.2, 0.25) is 0 Å². The van der Waals surface area contributed by atoms with Crippen LogP contribution in [0.25, 0.3) is 17.0 Å². The second-order valence-corrected chi connectivity index (χ2v) is 5.05. The molecule has 3 aromatic heterocycles. The predicted octanol–water partition coefficient (Wildman–Crippen LogP) is 1.73. The summed E-state index contributed by atoms with van der Waals surface area (Å²) in [6.45, 7) is 2.01. The van der Waals surface area contributed by atoms with E-state index in [2.05, 4.69) is 36.5 Å². The van der Waals surface area contributed by atoms with Gasteiger partial charge in [-0.25, -0.2) is 9.50 Å². The number of H-pyrrole nitrogens is 1. The molecular weight excluding hydrogens is 402 g/mol. The molecule has 1 N–H and O–H groups in total. The first-order chi connectivity index (χ1) is 11.7. The van der Waals surface area contributed by atoms with Crippen molar-refractivity contribution in [3.05, 3.63) is 53.9 Å². The Morgan fingerprint density at radius 1 is 1.24 bits per heavy atom. The van der Waals surface area contributed by atoms with Crippen molar-refractivity contribution >= 4 is 5.65 Å². The molecule has 0 saturated carbocycles. The first-order valence-electron chi connectivity index (χ1n) is 7.09. The van der Waals surface area contributed by atoms with Gasteiger partial charge in [-0.1, -0.05) is 12.5 Å². The number of hydrogen-bond donors (Lipinski definition) is 1. The molecular formula is C15H11FN7OY+2. The number of rotatable bonds is 4. The van der Waals surface area contributed by atoms with Crippen molar-refractivity contribution in [3.8, 4) is 17.3 Å².